The monoisotopic (exact) mass is 268 g/mol. The molecule has 0 aliphatic carbocycles. The highest BCUT2D eigenvalue weighted by Gasteiger charge is 2.15. The number of rotatable bonds is 5. The lowest BCUT2D eigenvalue weighted by atomic mass is 10.1. The Balaban J connectivity index is 2.92. The van der Waals surface area contributed by atoms with Crippen LogP contribution < -0.4 is 4.90 Å². The smallest absolute Gasteiger partial charge is 0.103 e. The van der Waals surface area contributed by atoms with E-state index in [0.29, 0.717) is 16.6 Å². The van der Waals surface area contributed by atoms with Gasteiger partial charge in [-0.05, 0) is 37.5 Å². The first-order valence-electron chi connectivity index (χ1n) is 5.52. The van der Waals surface area contributed by atoms with Gasteiger partial charge in [0.25, 0.3) is 0 Å². The zero-order valence-corrected chi connectivity index (χ0v) is 12.0. The van der Waals surface area contributed by atoms with Crippen molar-refractivity contribution in [1.29, 1.82) is 5.26 Å². The van der Waals surface area contributed by atoms with Crippen LogP contribution in [-0.4, -0.2) is 25.1 Å². The fraction of sp³-hybridized carbons (Fsp3) is 0.462. The van der Waals surface area contributed by atoms with Crippen molar-refractivity contribution in [1.82, 2.24) is 0 Å². The standard InChI is InChI=1S/C13H17ClN2S/c1-10(7-8-17-3)16(2)13-6-4-5-12(14)11(13)9-15/h4-6,10H,7-8H2,1-3H3. The molecule has 4 heteroatoms. The molecule has 0 bridgehead atoms. The lowest BCUT2D eigenvalue weighted by Crippen LogP contribution is -2.30. The highest BCUT2D eigenvalue weighted by atomic mass is 35.5. The van der Waals surface area contributed by atoms with Gasteiger partial charge in [-0.1, -0.05) is 17.7 Å². The minimum Gasteiger partial charge on any atom is -0.371 e. The molecule has 17 heavy (non-hydrogen) atoms. The van der Waals surface area contributed by atoms with Crippen molar-refractivity contribution in [2.24, 2.45) is 0 Å². The summed E-state index contributed by atoms with van der Waals surface area (Å²) in [5.41, 5.74) is 1.47. The van der Waals surface area contributed by atoms with Crippen molar-refractivity contribution in [2.45, 2.75) is 19.4 Å². The second-order valence-electron chi connectivity index (χ2n) is 3.99. The van der Waals surface area contributed by atoms with Gasteiger partial charge in [-0.25, -0.2) is 0 Å². The van der Waals surface area contributed by atoms with Crippen molar-refractivity contribution in [2.75, 3.05) is 24.0 Å². The maximum absolute atomic E-state index is 9.14. The van der Waals surface area contributed by atoms with E-state index >= 15 is 0 Å². The summed E-state index contributed by atoms with van der Waals surface area (Å²) < 4.78 is 0. The average molecular weight is 269 g/mol. The Morgan fingerprint density at radius 1 is 1.53 bits per heavy atom. The molecule has 1 unspecified atom stereocenters. The van der Waals surface area contributed by atoms with Crippen LogP contribution in [0.1, 0.15) is 18.9 Å². The number of benzene rings is 1. The Labute approximate surface area is 113 Å². The second-order valence-corrected chi connectivity index (χ2v) is 5.38. The molecule has 0 aliphatic heterocycles. The highest BCUT2D eigenvalue weighted by molar-refractivity contribution is 7.98. The third-order valence-corrected chi connectivity index (χ3v) is 3.84. The molecule has 1 rings (SSSR count). The van der Waals surface area contributed by atoms with E-state index in [1.165, 1.54) is 0 Å². The Morgan fingerprint density at radius 3 is 2.82 bits per heavy atom. The summed E-state index contributed by atoms with van der Waals surface area (Å²) in [5, 5.41) is 9.66. The number of nitrogens with zero attached hydrogens (tertiary/aromatic N) is 2. The number of halogens is 1. The molecule has 0 saturated carbocycles. The molecule has 1 atom stereocenters. The van der Waals surface area contributed by atoms with Gasteiger partial charge in [0.2, 0.25) is 0 Å². The zero-order valence-electron chi connectivity index (χ0n) is 10.4. The summed E-state index contributed by atoms with van der Waals surface area (Å²) in [5.74, 6) is 1.12. The summed E-state index contributed by atoms with van der Waals surface area (Å²) in [7, 11) is 2.01. The normalized spacial score (nSPS) is 11.9. The topological polar surface area (TPSA) is 27.0 Å². The van der Waals surface area contributed by atoms with Gasteiger partial charge in [0.05, 0.1) is 16.3 Å². The minimum atomic E-state index is 0.396. The van der Waals surface area contributed by atoms with Crippen LogP contribution in [0.4, 0.5) is 5.69 Å². The summed E-state index contributed by atoms with van der Waals surface area (Å²) >= 11 is 7.87. The molecule has 0 amide bonds. The first-order valence-corrected chi connectivity index (χ1v) is 7.29. The van der Waals surface area contributed by atoms with E-state index in [-0.39, 0.29) is 0 Å². The number of thioether (sulfide) groups is 1. The van der Waals surface area contributed by atoms with Crippen molar-refractivity contribution in [3.8, 4) is 6.07 Å². The van der Waals surface area contributed by atoms with Gasteiger partial charge in [-0.2, -0.15) is 17.0 Å². The summed E-state index contributed by atoms with van der Waals surface area (Å²) in [4.78, 5) is 2.13. The molecule has 0 saturated heterocycles. The quantitative estimate of drug-likeness (QED) is 0.813. The van der Waals surface area contributed by atoms with E-state index < -0.39 is 0 Å². The molecular formula is C13H17ClN2S. The lowest BCUT2D eigenvalue weighted by molar-refractivity contribution is 0.669. The first-order chi connectivity index (χ1) is 8.11. The van der Waals surface area contributed by atoms with Gasteiger partial charge in [-0.3, -0.25) is 0 Å². The molecule has 0 heterocycles. The second kappa shape index (κ2) is 6.78. The van der Waals surface area contributed by atoms with Gasteiger partial charge in [-0.15, -0.1) is 0 Å². The van der Waals surface area contributed by atoms with Crippen molar-refractivity contribution in [3.63, 3.8) is 0 Å². The predicted molar refractivity (Wildman–Crippen MR) is 77.0 cm³/mol. The molecule has 92 valence electrons. The van der Waals surface area contributed by atoms with Gasteiger partial charge >= 0.3 is 0 Å². The lowest BCUT2D eigenvalue weighted by Gasteiger charge is -2.28. The maximum atomic E-state index is 9.14. The van der Waals surface area contributed by atoms with Crippen LogP contribution in [-0.2, 0) is 0 Å². The maximum Gasteiger partial charge on any atom is 0.103 e. The van der Waals surface area contributed by atoms with Gasteiger partial charge < -0.3 is 4.90 Å². The average Bonchev–Trinajstić information content (AvgIpc) is 2.34. The third kappa shape index (κ3) is 3.55. The molecule has 0 N–H and O–H groups in total. The molecule has 0 aromatic heterocycles. The summed E-state index contributed by atoms with van der Waals surface area (Å²) in [6, 6.07) is 8.16. The summed E-state index contributed by atoms with van der Waals surface area (Å²) in [6.45, 7) is 2.16. The zero-order chi connectivity index (χ0) is 12.8. The Hall–Kier alpha value is -0.850. The molecule has 0 aliphatic rings. The number of hydrogen-bond donors (Lipinski definition) is 0. The van der Waals surface area contributed by atoms with Crippen molar-refractivity contribution >= 4 is 29.1 Å². The van der Waals surface area contributed by atoms with E-state index in [0.717, 1.165) is 17.9 Å². The number of anilines is 1. The van der Waals surface area contributed by atoms with Gasteiger partial charge in [0.15, 0.2) is 0 Å². The number of hydrogen-bond acceptors (Lipinski definition) is 3. The third-order valence-electron chi connectivity index (χ3n) is 2.88. The van der Waals surface area contributed by atoms with Crippen molar-refractivity contribution in [3.05, 3.63) is 28.8 Å². The molecular weight excluding hydrogens is 252 g/mol. The van der Waals surface area contributed by atoms with Crippen LogP contribution in [0.5, 0.6) is 0 Å². The fourth-order valence-electron chi connectivity index (χ4n) is 1.64. The van der Waals surface area contributed by atoms with Gasteiger partial charge in [0.1, 0.15) is 6.07 Å². The van der Waals surface area contributed by atoms with Gasteiger partial charge in [0, 0.05) is 13.1 Å². The van der Waals surface area contributed by atoms with Crippen LogP contribution in [0.2, 0.25) is 5.02 Å². The Bertz CT molecular complexity index is 414. The van der Waals surface area contributed by atoms with Crippen LogP contribution in [0, 0.1) is 11.3 Å². The van der Waals surface area contributed by atoms with Crippen LogP contribution in [0.3, 0.4) is 0 Å². The van der Waals surface area contributed by atoms with Crippen LogP contribution >= 0.6 is 23.4 Å². The largest absolute Gasteiger partial charge is 0.371 e. The Morgan fingerprint density at radius 2 is 2.24 bits per heavy atom. The molecule has 0 spiro atoms. The van der Waals surface area contributed by atoms with E-state index in [1.807, 2.05) is 30.9 Å². The van der Waals surface area contributed by atoms with Crippen LogP contribution in [0.25, 0.3) is 0 Å². The molecule has 0 radical (unpaired) electrons. The van der Waals surface area contributed by atoms with Crippen LogP contribution in [0.15, 0.2) is 18.2 Å². The fourth-order valence-corrected chi connectivity index (χ4v) is 2.43. The summed E-state index contributed by atoms with van der Waals surface area (Å²) in [6.07, 6.45) is 3.20. The molecule has 0 fully saturated rings. The van der Waals surface area contributed by atoms with E-state index in [4.69, 9.17) is 16.9 Å². The predicted octanol–water partition coefficient (Wildman–Crippen LogP) is 3.79. The van der Waals surface area contributed by atoms with E-state index in [2.05, 4.69) is 24.1 Å². The van der Waals surface area contributed by atoms with Crippen molar-refractivity contribution < 1.29 is 0 Å². The first kappa shape index (κ1) is 14.2. The van der Waals surface area contributed by atoms with E-state index in [1.54, 1.807) is 6.07 Å². The molecule has 2 nitrogen and oxygen atoms in total. The van der Waals surface area contributed by atoms with E-state index in [9.17, 15) is 0 Å². The molecule has 1 aromatic carbocycles. The molecule has 1 aromatic rings. The minimum absolute atomic E-state index is 0.396. The number of nitriles is 1. The SMILES string of the molecule is CSCCC(C)N(C)c1cccc(Cl)c1C#N. The highest BCUT2D eigenvalue weighted by Crippen LogP contribution is 2.27. The Kier molecular flexibility index (Phi) is 5.67.